The van der Waals surface area contributed by atoms with Crippen LogP contribution >= 0.6 is 0 Å². The number of fused-ring (bicyclic) bond motifs is 3. The summed E-state index contributed by atoms with van der Waals surface area (Å²) in [5.41, 5.74) is 12.9. The first-order chi connectivity index (χ1) is 18.2. The van der Waals surface area contributed by atoms with Crippen molar-refractivity contribution in [1.29, 1.82) is 0 Å². The van der Waals surface area contributed by atoms with Crippen LogP contribution in [-0.2, 0) is 41.5 Å². The van der Waals surface area contributed by atoms with Gasteiger partial charge in [-0.1, -0.05) is 105 Å². The summed E-state index contributed by atoms with van der Waals surface area (Å²) in [7, 11) is 0. The predicted octanol–water partition coefficient (Wildman–Crippen LogP) is 10.0. The fourth-order valence-electron chi connectivity index (χ4n) is 5.06. The molecular weight excluding hydrogens is 548 g/mol. The molecule has 0 radical (unpaired) electrons. The summed E-state index contributed by atoms with van der Waals surface area (Å²) in [6, 6.07) is 25.5. The molecule has 0 heterocycles. The van der Waals surface area contributed by atoms with Crippen molar-refractivity contribution in [3.8, 4) is 11.1 Å². The van der Waals surface area contributed by atoms with Crippen molar-refractivity contribution in [1.82, 2.24) is 0 Å². The molecule has 0 spiro atoms. The first kappa shape index (κ1) is 31.4. The SMILES string of the molecule is CC(C)(C)c1[c-]c2c(cc1)-c1ccc(C(C)(C)C)cc1C2.CC1=[C-]C(C)C=C1C(C)C.[Zr+2]=[CH]c1ccccc1. The van der Waals surface area contributed by atoms with Crippen LogP contribution < -0.4 is 0 Å². The van der Waals surface area contributed by atoms with Gasteiger partial charge in [-0.05, 0) is 28.4 Å². The number of benzene rings is 3. The fourth-order valence-corrected chi connectivity index (χ4v) is 5.54. The van der Waals surface area contributed by atoms with Crippen LogP contribution in [0, 0.1) is 24.0 Å². The number of hydrogen-bond donors (Lipinski definition) is 0. The van der Waals surface area contributed by atoms with Crippen molar-refractivity contribution in [3.63, 3.8) is 0 Å². The van der Waals surface area contributed by atoms with E-state index >= 15 is 0 Å². The van der Waals surface area contributed by atoms with Gasteiger partial charge >= 0.3 is 63.8 Å². The van der Waals surface area contributed by atoms with Crippen LogP contribution in [0.25, 0.3) is 11.1 Å². The van der Waals surface area contributed by atoms with E-state index in [4.69, 9.17) is 0 Å². The number of allylic oxidation sites excluding steroid dienone is 4. The zero-order valence-electron chi connectivity index (χ0n) is 25.8. The van der Waals surface area contributed by atoms with Gasteiger partial charge in [0.05, 0.1) is 0 Å². The first-order valence-corrected chi connectivity index (χ1v) is 15.7. The summed E-state index contributed by atoms with van der Waals surface area (Å²) in [5, 5.41) is 0. The van der Waals surface area contributed by atoms with Crippen molar-refractivity contribution in [2.45, 2.75) is 86.5 Å². The number of hydrogen-bond acceptors (Lipinski definition) is 0. The minimum atomic E-state index is 0.167. The molecule has 39 heavy (non-hydrogen) atoms. The van der Waals surface area contributed by atoms with Crippen LogP contribution in [0.5, 0.6) is 0 Å². The maximum absolute atomic E-state index is 3.67. The van der Waals surface area contributed by atoms with E-state index in [9.17, 15) is 0 Å². The van der Waals surface area contributed by atoms with Gasteiger partial charge in [0.1, 0.15) is 0 Å². The van der Waals surface area contributed by atoms with Gasteiger partial charge in [0.25, 0.3) is 0 Å². The van der Waals surface area contributed by atoms with E-state index in [2.05, 4.69) is 146 Å². The van der Waals surface area contributed by atoms with Gasteiger partial charge in [0.2, 0.25) is 0 Å². The van der Waals surface area contributed by atoms with Gasteiger partial charge in [-0.25, -0.2) is 5.57 Å². The zero-order chi connectivity index (χ0) is 29.0. The van der Waals surface area contributed by atoms with Crippen LogP contribution in [0.2, 0.25) is 0 Å². The van der Waals surface area contributed by atoms with Crippen molar-refractivity contribution in [2.24, 2.45) is 11.8 Å². The second-order valence-corrected chi connectivity index (χ2v) is 13.9. The average molecular weight is 594 g/mol. The van der Waals surface area contributed by atoms with Crippen LogP contribution in [-0.4, -0.2) is 3.71 Å². The summed E-state index contributed by atoms with van der Waals surface area (Å²) < 4.78 is 2.17. The molecular formula is C38H46Zr. The van der Waals surface area contributed by atoms with Crippen LogP contribution in [0.3, 0.4) is 0 Å². The standard InChI is InChI=1S/C21H25.C10H15.C7H6.Zr/c1-20(2,3)16-7-9-18-14(12-16)11-15-13-17(21(4,5)6)8-10-19(15)18;1-7(2)10-6-8(3)5-9(10)4;1-7-5-3-2-4-6-7;/h7-10,12H,11H2,1-6H3;6-8H,1-4H3;1-6H;/q2*-1;;+2. The van der Waals surface area contributed by atoms with Gasteiger partial charge in [0.15, 0.2) is 0 Å². The molecule has 0 N–H and O–H groups in total. The van der Waals surface area contributed by atoms with E-state index in [1.54, 1.807) is 0 Å². The Bertz CT molecular complexity index is 1280. The summed E-state index contributed by atoms with van der Waals surface area (Å²) in [6.07, 6.45) is 6.70. The normalized spacial score (nSPS) is 15.8. The summed E-state index contributed by atoms with van der Waals surface area (Å²) in [5.74, 6) is 1.20. The van der Waals surface area contributed by atoms with Crippen LogP contribution in [0.15, 0.2) is 77.9 Å². The molecule has 0 nitrogen and oxygen atoms in total. The van der Waals surface area contributed by atoms with Gasteiger partial charge < -0.3 is 0 Å². The second-order valence-electron chi connectivity index (χ2n) is 13.2. The third-order valence-corrected chi connectivity index (χ3v) is 8.18. The predicted molar refractivity (Wildman–Crippen MR) is 167 cm³/mol. The molecule has 0 amide bonds. The zero-order valence-corrected chi connectivity index (χ0v) is 28.2. The Labute approximate surface area is 254 Å². The molecule has 3 aromatic rings. The molecule has 202 valence electrons. The van der Waals surface area contributed by atoms with Crippen LogP contribution in [0.1, 0.15) is 97.1 Å². The Morgan fingerprint density at radius 3 is 1.97 bits per heavy atom. The third kappa shape index (κ3) is 8.44. The maximum atomic E-state index is 3.67. The van der Waals surface area contributed by atoms with Gasteiger partial charge in [-0.2, -0.15) is 35.4 Å². The van der Waals surface area contributed by atoms with Gasteiger partial charge in [0, 0.05) is 0 Å². The molecule has 0 saturated carbocycles. The van der Waals surface area contributed by atoms with E-state index in [0.29, 0.717) is 11.8 Å². The monoisotopic (exact) mass is 592 g/mol. The molecule has 2 aliphatic rings. The molecule has 5 rings (SSSR count). The summed E-state index contributed by atoms with van der Waals surface area (Å²) in [6.45, 7) is 22.4. The molecule has 3 aromatic carbocycles. The second kappa shape index (κ2) is 13.0. The average Bonchev–Trinajstić information content (AvgIpc) is 3.42. The van der Waals surface area contributed by atoms with Crippen molar-refractivity contribution in [2.75, 3.05) is 0 Å². The van der Waals surface area contributed by atoms with E-state index in [1.165, 1.54) is 74.3 Å². The molecule has 1 heteroatoms. The van der Waals surface area contributed by atoms with Gasteiger partial charge in [-0.3, -0.25) is 6.08 Å². The van der Waals surface area contributed by atoms with Gasteiger partial charge in [-0.15, -0.1) is 11.1 Å². The topological polar surface area (TPSA) is 0 Å². The van der Waals surface area contributed by atoms with E-state index < -0.39 is 0 Å². The van der Waals surface area contributed by atoms with Crippen molar-refractivity contribution in [3.05, 3.63) is 118 Å². The molecule has 0 fully saturated rings. The molecule has 0 aromatic heterocycles. The third-order valence-electron chi connectivity index (χ3n) is 7.36. The molecule has 0 saturated heterocycles. The van der Waals surface area contributed by atoms with E-state index in [-0.39, 0.29) is 10.8 Å². The Morgan fingerprint density at radius 1 is 0.872 bits per heavy atom. The fraction of sp³-hybridized carbons (Fsp3) is 0.395. The minimum absolute atomic E-state index is 0.167. The summed E-state index contributed by atoms with van der Waals surface area (Å²) in [4.78, 5) is 0. The molecule has 1 atom stereocenters. The molecule has 0 aliphatic heterocycles. The number of rotatable bonds is 2. The van der Waals surface area contributed by atoms with Crippen LogP contribution in [0.4, 0.5) is 0 Å². The summed E-state index contributed by atoms with van der Waals surface area (Å²) >= 11 is 1.46. The molecule has 1 unspecified atom stereocenters. The Morgan fingerprint density at radius 2 is 1.51 bits per heavy atom. The Kier molecular flexibility index (Phi) is 10.5. The Hall–Kier alpha value is -2.11. The quantitative estimate of drug-likeness (QED) is 0.203. The first-order valence-electron chi connectivity index (χ1n) is 14.3. The molecule has 2 aliphatic carbocycles. The van der Waals surface area contributed by atoms with E-state index in [1.807, 2.05) is 6.07 Å². The molecule has 0 bridgehead atoms. The van der Waals surface area contributed by atoms with Crippen molar-refractivity contribution >= 4 is 3.71 Å². The Balaban J connectivity index is 0.000000193. The van der Waals surface area contributed by atoms with Crippen molar-refractivity contribution < 1.29 is 24.2 Å². The van der Waals surface area contributed by atoms with E-state index in [0.717, 1.165) is 6.42 Å².